The van der Waals surface area contributed by atoms with Crippen LogP contribution in [0.1, 0.15) is 28.8 Å². The van der Waals surface area contributed by atoms with E-state index in [1.165, 1.54) is 0 Å². The lowest BCUT2D eigenvalue weighted by molar-refractivity contribution is -0.123. The van der Waals surface area contributed by atoms with Crippen LogP contribution in [0.15, 0.2) is 46.4 Å². The molecular weight excluding hydrogens is 529 g/mol. The minimum absolute atomic E-state index is 0.0910. The van der Waals surface area contributed by atoms with E-state index in [1.54, 1.807) is 49.9 Å². The molecule has 2 heterocycles. The molecule has 38 heavy (non-hydrogen) atoms. The van der Waals surface area contributed by atoms with Gasteiger partial charge in [-0.1, -0.05) is 29.3 Å². The van der Waals surface area contributed by atoms with Gasteiger partial charge in [0.1, 0.15) is 0 Å². The summed E-state index contributed by atoms with van der Waals surface area (Å²) in [4.78, 5) is 35.2. The van der Waals surface area contributed by atoms with Crippen LogP contribution in [0.3, 0.4) is 0 Å². The number of hydrogen-bond acceptors (Lipinski definition) is 7. The Morgan fingerprint density at radius 3 is 2.53 bits per heavy atom. The van der Waals surface area contributed by atoms with Gasteiger partial charge in [-0.25, -0.2) is 9.98 Å². The average Bonchev–Trinajstić information content (AvgIpc) is 3.42. The maximum absolute atomic E-state index is 12.9. The lowest BCUT2D eigenvalue weighted by atomic mass is 9.96. The summed E-state index contributed by atoms with van der Waals surface area (Å²) in [6.45, 7) is 2.84. The van der Waals surface area contributed by atoms with Crippen LogP contribution < -0.4 is 20.1 Å². The van der Waals surface area contributed by atoms with Crippen LogP contribution in [-0.2, 0) is 11.2 Å². The molecular formula is C27H31Cl2N5O4. The molecule has 0 bridgehead atoms. The fraction of sp³-hybridized carbons (Fsp3) is 0.407. The molecule has 4 rings (SSSR count). The number of amides is 2. The molecule has 0 aromatic heterocycles. The van der Waals surface area contributed by atoms with Crippen molar-refractivity contribution in [3.63, 3.8) is 0 Å². The van der Waals surface area contributed by atoms with Crippen molar-refractivity contribution in [2.45, 2.75) is 25.6 Å². The topological polar surface area (TPSA) is 105 Å². The van der Waals surface area contributed by atoms with Gasteiger partial charge >= 0.3 is 0 Å². The van der Waals surface area contributed by atoms with Crippen LogP contribution in [0.4, 0.5) is 0 Å². The number of carbonyl (C=O) groups excluding carboxylic acids is 2. The third-order valence-corrected chi connectivity index (χ3v) is 7.09. The van der Waals surface area contributed by atoms with Crippen molar-refractivity contribution in [1.82, 2.24) is 15.5 Å². The number of likely N-dealkylation sites (tertiary alicyclic amines) is 1. The maximum atomic E-state index is 12.9. The quantitative estimate of drug-likeness (QED) is 0.437. The number of ether oxygens (including phenoxy) is 2. The fourth-order valence-corrected chi connectivity index (χ4v) is 4.86. The van der Waals surface area contributed by atoms with E-state index < -0.39 is 6.29 Å². The van der Waals surface area contributed by atoms with Gasteiger partial charge in [0.15, 0.2) is 11.5 Å². The molecule has 9 nitrogen and oxygen atoms in total. The molecule has 2 amide bonds. The first-order valence-corrected chi connectivity index (χ1v) is 13.3. The maximum Gasteiger partial charge on any atom is 0.251 e. The monoisotopic (exact) mass is 559 g/mol. The second kappa shape index (κ2) is 13.6. The van der Waals surface area contributed by atoms with E-state index in [2.05, 4.69) is 25.5 Å². The van der Waals surface area contributed by atoms with Crippen molar-refractivity contribution >= 4 is 47.4 Å². The van der Waals surface area contributed by atoms with Gasteiger partial charge in [0.25, 0.3) is 5.91 Å². The molecule has 202 valence electrons. The first-order valence-electron chi connectivity index (χ1n) is 12.5. The summed E-state index contributed by atoms with van der Waals surface area (Å²) < 4.78 is 11.3. The van der Waals surface area contributed by atoms with Crippen LogP contribution in [-0.4, -0.2) is 75.3 Å². The predicted octanol–water partition coefficient (Wildman–Crippen LogP) is 3.62. The van der Waals surface area contributed by atoms with E-state index in [-0.39, 0.29) is 11.8 Å². The molecule has 0 atom stereocenters. The highest BCUT2D eigenvalue weighted by Crippen LogP contribution is 2.29. The van der Waals surface area contributed by atoms with E-state index in [1.807, 2.05) is 6.07 Å². The summed E-state index contributed by atoms with van der Waals surface area (Å²) in [5.41, 5.74) is 1.42. The Morgan fingerprint density at radius 1 is 1.05 bits per heavy atom. The molecule has 1 fully saturated rings. The van der Waals surface area contributed by atoms with Gasteiger partial charge in [-0.2, -0.15) is 0 Å². The largest absolute Gasteiger partial charge is 0.493 e. The Kier molecular flexibility index (Phi) is 9.98. The van der Waals surface area contributed by atoms with Crippen molar-refractivity contribution in [2.75, 3.05) is 39.9 Å². The SMILES string of the molecule is COc1ccc(C(=O)NCC2CCN(CC(=O)NC3N=CC=N3)CC2)cc1OCCc1ccc(Cl)cc1Cl. The summed E-state index contributed by atoms with van der Waals surface area (Å²) in [7, 11) is 1.56. The first-order chi connectivity index (χ1) is 18.4. The molecule has 2 aromatic carbocycles. The smallest absolute Gasteiger partial charge is 0.251 e. The van der Waals surface area contributed by atoms with E-state index >= 15 is 0 Å². The molecule has 11 heteroatoms. The number of aliphatic imine (C=N–C) groups is 2. The van der Waals surface area contributed by atoms with Crippen molar-refractivity contribution in [2.24, 2.45) is 15.9 Å². The van der Waals surface area contributed by atoms with Crippen molar-refractivity contribution in [1.29, 1.82) is 0 Å². The Hall–Kier alpha value is -3.14. The standard InChI is InChI=1S/C27H31Cl2N5O4/c1-37-23-5-3-20(14-24(23)38-13-8-19-2-4-21(28)15-22(19)29)26(36)32-16-18-6-11-34(12-7-18)17-25(35)33-27-30-9-10-31-27/h2-5,9-10,14-15,18,27H,6-8,11-13,16-17H2,1H3,(H,32,36)(H,33,35). The van der Waals surface area contributed by atoms with Gasteiger partial charge in [0.2, 0.25) is 12.2 Å². The highest BCUT2D eigenvalue weighted by Gasteiger charge is 2.22. The third kappa shape index (κ3) is 7.93. The number of carbonyl (C=O) groups is 2. The fourth-order valence-electron chi connectivity index (χ4n) is 4.36. The predicted molar refractivity (Wildman–Crippen MR) is 149 cm³/mol. The van der Waals surface area contributed by atoms with E-state index in [0.29, 0.717) is 59.1 Å². The second-order valence-corrected chi connectivity index (χ2v) is 10.0. The Balaban J connectivity index is 1.22. The molecule has 2 aliphatic rings. The number of nitrogens with zero attached hydrogens (tertiary/aromatic N) is 3. The summed E-state index contributed by atoms with van der Waals surface area (Å²) in [5.74, 6) is 1.13. The highest BCUT2D eigenvalue weighted by molar-refractivity contribution is 6.35. The Bertz CT molecular complexity index is 1190. The molecule has 0 spiro atoms. The number of rotatable bonds is 11. The van der Waals surface area contributed by atoms with Crippen molar-refractivity contribution < 1.29 is 19.1 Å². The van der Waals surface area contributed by atoms with Gasteiger partial charge in [-0.3, -0.25) is 14.5 Å². The summed E-state index contributed by atoms with van der Waals surface area (Å²) in [6, 6.07) is 10.5. The third-order valence-electron chi connectivity index (χ3n) is 6.51. The lowest BCUT2D eigenvalue weighted by Crippen LogP contribution is -2.44. The van der Waals surface area contributed by atoms with Crippen molar-refractivity contribution in [3.8, 4) is 11.5 Å². The number of benzene rings is 2. The van der Waals surface area contributed by atoms with E-state index in [0.717, 1.165) is 31.5 Å². The molecule has 2 aliphatic heterocycles. The average molecular weight is 560 g/mol. The zero-order chi connectivity index (χ0) is 26.9. The van der Waals surface area contributed by atoms with E-state index in [9.17, 15) is 9.59 Å². The summed E-state index contributed by atoms with van der Waals surface area (Å²) in [6.07, 6.45) is 5.03. The number of nitrogens with one attached hydrogen (secondary N) is 2. The van der Waals surface area contributed by atoms with E-state index in [4.69, 9.17) is 32.7 Å². The summed E-state index contributed by atoms with van der Waals surface area (Å²) in [5, 5.41) is 6.98. The Labute approximate surface area is 232 Å². The molecule has 0 radical (unpaired) electrons. The molecule has 2 N–H and O–H groups in total. The van der Waals surface area contributed by atoms with Gasteiger partial charge in [-0.15, -0.1) is 0 Å². The Morgan fingerprint density at radius 2 is 1.82 bits per heavy atom. The second-order valence-electron chi connectivity index (χ2n) is 9.17. The van der Waals surface area contributed by atoms with Crippen LogP contribution in [0, 0.1) is 5.92 Å². The van der Waals surface area contributed by atoms with Crippen LogP contribution in [0.5, 0.6) is 11.5 Å². The van der Waals surface area contributed by atoms with Gasteiger partial charge in [0.05, 0.1) is 20.3 Å². The highest BCUT2D eigenvalue weighted by atomic mass is 35.5. The number of methoxy groups -OCH3 is 1. The van der Waals surface area contributed by atoms with Gasteiger partial charge in [0, 0.05) is 41.0 Å². The zero-order valence-corrected chi connectivity index (χ0v) is 22.7. The summed E-state index contributed by atoms with van der Waals surface area (Å²) >= 11 is 12.2. The number of hydrogen-bond donors (Lipinski definition) is 2. The lowest BCUT2D eigenvalue weighted by Gasteiger charge is -2.31. The number of piperidine rings is 1. The van der Waals surface area contributed by atoms with Gasteiger partial charge < -0.3 is 20.1 Å². The first kappa shape index (κ1) is 27.9. The minimum atomic E-state index is -0.499. The molecule has 1 saturated heterocycles. The molecule has 0 saturated carbocycles. The normalized spacial score (nSPS) is 16.0. The van der Waals surface area contributed by atoms with Crippen LogP contribution >= 0.6 is 23.2 Å². The zero-order valence-electron chi connectivity index (χ0n) is 21.2. The van der Waals surface area contributed by atoms with Crippen LogP contribution in [0.2, 0.25) is 10.0 Å². The minimum Gasteiger partial charge on any atom is -0.493 e. The van der Waals surface area contributed by atoms with Gasteiger partial charge in [-0.05, 0) is 67.7 Å². The van der Waals surface area contributed by atoms with Crippen molar-refractivity contribution in [3.05, 3.63) is 57.6 Å². The van der Waals surface area contributed by atoms with Crippen LogP contribution in [0.25, 0.3) is 0 Å². The molecule has 0 aliphatic carbocycles. The number of halogens is 2. The molecule has 2 aromatic rings. The molecule has 0 unspecified atom stereocenters.